The lowest BCUT2D eigenvalue weighted by molar-refractivity contribution is 0.147. The number of rotatable bonds is 7. The number of aromatic nitrogens is 4. The normalized spacial score (nSPS) is 20.0. The molecule has 2 aromatic rings. The highest BCUT2D eigenvalue weighted by Gasteiger charge is 2.26. The van der Waals surface area contributed by atoms with E-state index in [2.05, 4.69) is 41.1 Å². The van der Waals surface area contributed by atoms with E-state index in [9.17, 15) is 9.59 Å². The molecule has 0 amide bonds. The summed E-state index contributed by atoms with van der Waals surface area (Å²) in [5, 5.41) is 7.90. The molecule has 2 fully saturated rings. The average Bonchev–Trinajstić information content (AvgIpc) is 3.57. The van der Waals surface area contributed by atoms with Gasteiger partial charge in [-0.3, -0.25) is 14.5 Å². The number of hydrogen-bond donors (Lipinski definition) is 1. The maximum atomic E-state index is 12.6. The Morgan fingerprint density at radius 1 is 1.10 bits per heavy atom. The molecule has 2 aliphatic rings. The molecule has 3 heterocycles. The fraction of sp³-hybridized carbons (Fsp3) is 0.652. The maximum absolute atomic E-state index is 12.6. The fourth-order valence-corrected chi connectivity index (χ4v) is 4.22. The molecular formula is C23H34N6O2. The lowest BCUT2D eigenvalue weighted by Crippen LogP contribution is -2.46. The first-order valence-corrected chi connectivity index (χ1v) is 11.5. The van der Waals surface area contributed by atoms with Crippen molar-refractivity contribution in [1.82, 2.24) is 24.2 Å². The van der Waals surface area contributed by atoms with Gasteiger partial charge in [0, 0.05) is 49.0 Å². The van der Waals surface area contributed by atoms with E-state index < -0.39 is 0 Å². The van der Waals surface area contributed by atoms with Crippen LogP contribution in [0.2, 0.25) is 0 Å². The monoisotopic (exact) mass is 426 g/mol. The van der Waals surface area contributed by atoms with Crippen LogP contribution in [0.3, 0.4) is 0 Å². The van der Waals surface area contributed by atoms with Crippen LogP contribution in [0.25, 0.3) is 0 Å². The zero-order valence-corrected chi connectivity index (χ0v) is 18.9. The minimum atomic E-state index is -0.0942. The Kier molecular flexibility index (Phi) is 6.27. The molecule has 0 radical (unpaired) electrons. The highest BCUT2D eigenvalue weighted by Crippen LogP contribution is 2.33. The minimum absolute atomic E-state index is 0.0258. The third kappa shape index (κ3) is 5.23. The molecule has 2 aromatic heterocycles. The van der Waals surface area contributed by atoms with Gasteiger partial charge in [-0.1, -0.05) is 27.2 Å². The second-order valence-electron chi connectivity index (χ2n) is 9.82. The Balaban J connectivity index is 1.40. The fourth-order valence-electron chi connectivity index (χ4n) is 4.22. The van der Waals surface area contributed by atoms with E-state index in [1.807, 2.05) is 6.07 Å². The van der Waals surface area contributed by atoms with E-state index in [-0.39, 0.29) is 16.5 Å². The van der Waals surface area contributed by atoms with E-state index in [4.69, 9.17) is 0 Å². The predicted octanol–water partition coefficient (Wildman–Crippen LogP) is 2.40. The zero-order valence-electron chi connectivity index (χ0n) is 18.9. The molecule has 1 atom stereocenters. The van der Waals surface area contributed by atoms with Crippen molar-refractivity contribution >= 4 is 5.82 Å². The van der Waals surface area contributed by atoms with Gasteiger partial charge < -0.3 is 9.88 Å². The van der Waals surface area contributed by atoms with Crippen LogP contribution < -0.4 is 16.4 Å². The summed E-state index contributed by atoms with van der Waals surface area (Å²) in [7, 11) is 0. The summed E-state index contributed by atoms with van der Waals surface area (Å²) in [6, 6.07) is 4.10. The first-order valence-electron chi connectivity index (χ1n) is 11.5. The number of piperidine rings is 1. The Morgan fingerprint density at radius 3 is 2.65 bits per heavy atom. The van der Waals surface area contributed by atoms with E-state index in [1.54, 1.807) is 27.7 Å². The Bertz CT molecular complexity index is 1020. The molecule has 1 N–H and O–H groups in total. The first kappa shape index (κ1) is 21.7. The van der Waals surface area contributed by atoms with Crippen molar-refractivity contribution in [2.24, 2.45) is 0 Å². The number of nitrogens with one attached hydrogen (secondary N) is 1. The van der Waals surface area contributed by atoms with Gasteiger partial charge >= 0.3 is 0 Å². The molecule has 1 saturated heterocycles. The molecular weight excluding hydrogens is 392 g/mol. The summed E-state index contributed by atoms with van der Waals surface area (Å²) in [6.07, 6.45) is 9.04. The first-order chi connectivity index (χ1) is 14.8. The Hall–Kier alpha value is -2.48. The van der Waals surface area contributed by atoms with Gasteiger partial charge in [-0.25, -0.2) is 9.67 Å². The Labute approximate surface area is 183 Å². The summed E-state index contributed by atoms with van der Waals surface area (Å²) in [5.74, 6) is 0.440. The van der Waals surface area contributed by atoms with Crippen molar-refractivity contribution in [3.8, 4) is 0 Å². The molecule has 1 saturated carbocycles. The molecule has 8 nitrogen and oxygen atoms in total. The van der Waals surface area contributed by atoms with E-state index in [0.717, 1.165) is 44.5 Å². The molecule has 8 heteroatoms. The SMILES string of the molecule is CC(C)(C)c1ccc(=O)n(CCN2CCCCC2CNc2nccn(C3CC3)c2=O)n1. The molecule has 1 aliphatic heterocycles. The van der Waals surface area contributed by atoms with Crippen molar-refractivity contribution < 1.29 is 0 Å². The van der Waals surface area contributed by atoms with Gasteiger partial charge in [-0.2, -0.15) is 5.10 Å². The van der Waals surface area contributed by atoms with Gasteiger partial charge in [0.05, 0.1) is 12.2 Å². The molecule has 4 rings (SSSR count). The molecule has 1 unspecified atom stereocenters. The molecule has 0 aromatic carbocycles. The van der Waals surface area contributed by atoms with Crippen LogP contribution in [-0.4, -0.2) is 49.9 Å². The smallest absolute Gasteiger partial charge is 0.293 e. The third-order valence-corrected chi connectivity index (χ3v) is 6.30. The quantitative estimate of drug-likeness (QED) is 0.732. The lowest BCUT2D eigenvalue weighted by Gasteiger charge is -2.36. The summed E-state index contributed by atoms with van der Waals surface area (Å²) in [5.41, 5.74) is 0.741. The molecule has 0 bridgehead atoms. The van der Waals surface area contributed by atoms with Gasteiger partial charge in [0.25, 0.3) is 11.1 Å². The second-order valence-corrected chi connectivity index (χ2v) is 9.82. The van der Waals surface area contributed by atoms with Crippen LogP contribution in [0, 0.1) is 0 Å². The van der Waals surface area contributed by atoms with Gasteiger partial charge in [-0.05, 0) is 38.3 Å². The highest BCUT2D eigenvalue weighted by atomic mass is 16.1. The van der Waals surface area contributed by atoms with Crippen LogP contribution in [0.5, 0.6) is 0 Å². The molecule has 0 spiro atoms. The van der Waals surface area contributed by atoms with Crippen LogP contribution in [-0.2, 0) is 12.0 Å². The molecule has 168 valence electrons. The van der Waals surface area contributed by atoms with Crippen molar-refractivity contribution in [3.05, 3.63) is 50.9 Å². The van der Waals surface area contributed by atoms with Gasteiger partial charge in [0.2, 0.25) is 0 Å². The summed E-state index contributed by atoms with van der Waals surface area (Å²) in [4.78, 5) is 31.7. The number of likely N-dealkylation sites (tertiary alicyclic amines) is 1. The van der Waals surface area contributed by atoms with Crippen LogP contribution in [0.1, 0.15) is 64.6 Å². The number of nitrogens with zero attached hydrogens (tertiary/aromatic N) is 5. The summed E-state index contributed by atoms with van der Waals surface area (Å²) in [6.45, 7) is 9.32. The van der Waals surface area contributed by atoms with Gasteiger partial charge in [0.1, 0.15) is 0 Å². The third-order valence-electron chi connectivity index (χ3n) is 6.30. The number of hydrogen-bond acceptors (Lipinski definition) is 6. The maximum Gasteiger partial charge on any atom is 0.293 e. The van der Waals surface area contributed by atoms with Crippen molar-refractivity contribution in [3.63, 3.8) is 0 Å². The zero-order chi connectivity index (χ0) is 22.0. The van der Waals surface area contributed by atoms with E-state index >= 15 is 0 Å². The van der Waals surface area contributed by atoms with Crippen LogP contribution >= 0.6 is 0 Å². The summed E-state index contributed by atoms with van der Waals surface area (Å²) < 4.78 is 3.39. The highest BCUT2D eigenvalue weighted by molar-refractivity contribution is 5.31. The van der Waals surface area contributed by atoms with E-state index in [0.29, 0.717) is 31.0 Å². The van der Waals surface area contributed by atoms with E-state index in [1.165, 1.54) is 6.42 Å². The lowest BCUT2D eigenvalue weighted by atomic mass is 9.92. The van der Waals surface area contributed by atoms with Gasteiger partial charge in [-0.15, -0.1) is 0 Å². The Morgan fingerprint density at radius 2 is 1.90 bits per heavy atom. The second kappa shape index (κ2) is 8.94. The van der Waals surface area contributed by atoms with Crippen molar-refractivity contribution in [2.75, 3.05) is 25.0 Å². The number of anilines is 1. The van der Waals surface area contributed by atoms with Crippen LogP contribution in [0.4, 0.5) is 5.82 Å². The van der Waals surface area contributed by atoms with Crippen molar-refractivity contribution in [2.45, 2.75) is 76.9 Å². The predicted molar refractivity (Wildman–Crippen MR) is 122 cm³/mol. The van der Waals surface area contributed by atoms with Gasteiger partial charge in [0.15, 0.2) is 5.82 Å². The standard InChI is InChI=1S/C23H34N6O2/c1-23(2,3)19-9-10-20(30)29(26-19)15-14-27-12-5-4-6-18(27)16-25-21-22(31)28(13-11-24-21)17-7-8-17/h9-11,13,17-18H,4-8,12,14-16H2,1-3H3,(H,24,25). The molecule has 1 aliphatic carbocycles. The topological polar surface area (TPSA) is 85.0 Å². The van der Waals surface area contributed by atoms with Crippen molar-refractivity contribution in [1.29, 1.82) is 0 Å². The largest absolute Gasteiger partial charge is 0.364 e. The minimum Gasteiger partial charge on any atom is -0.364 e. The summed E-state index contributed by atoms with van der Waals surface area (Å²) >= 11 is 0. The van der Waals surface area contributed by atoms with Crippen LogP contribution in [0.15, 0.2) is 34.1 Å². The molecule has 31 heavy (non-hydrogen) atoms. The average molecular weight is 427 g/mol.